The van der Waals surface area contributed by atoms with Crippen molar-refractivity contribution in [1.29, 1.82) is 0 Å². The molecule has 1 aromatic carbocycles. The molecule has 1 N–H and O–H groups in total. The summed E-state index contributed by atoms with van der Waals surface area (Å²) in [6.45, 7) is 10.3. The number of nitrogens with zero attached hydrogens (tertiary/aromatic N) is 1. The highest BCUT2D eigenvalue weighted by molar-refractivity contribution is 5.40. The first-order chi connectivity index (χ1) is 8.52. The molecule has 100 valence electrons. The summed E-state index contributed by atoms with van der Waals surface area (Å²) in [5, 5.41) is 9.55. The van der Waals surface area contributed by atoms with Crippen LogP contribution in [0.3, 0.4) is 0 Å². The predicted molar refractivity (Wildman–Crippen MR) is 75.6 cm³/mol. The number of likely N-dealkylation sites (tertiary alicyclic amines) is 1. The maximum absolute atomic E-state index is 9.55. The van der Waals surface area contributed by atoms with Crippen LogP contribution in [0, 0.1) is 0 Å². The first-order valence-electron chi connectivity index (χ1n) is 6.97. The van der Waals surface area contributed by atoms with Crippen molar-refractivity contribution in [2.45, 2.75) is 52.2 Å². The monoisotopic (exact) mass is 247 g/mol. The van der Waals surface area contributed by atoms with E-state index in [1.54, 1.807) is 0 Å². The van der Waals surface area contributed by atoms with Gasteiger partial charge in [-0.1, -0.05) is 39.0 Å². The van der Waals surface area contributed by atoms with Crippen molar-refractivity contribution in [2.24, 2.45) is 0 Å². The van der Waals surface area contributed by atoms with E-state index in [4.69, 9.17) is 0 Å². The zero-order valence-corrected chi connectivity index (χ0v) is 11.9. The Morgan fingerprint density at radius 3 is 2.28 bits per heavy atom. The maximum Gasteiger partial charge on any atom is 0.0684 e. The van der Waals surface area contributed by atoms with Crippen LogP contribution in [0.15, 0.2) is 18.2 Å². The predicted octanol–water partition coefficient (Wildman–Crippen LogP) is 3.07. The molecule has 0 saturated carbocycles. The lowest BCUT2D eigenvalue weighted by atomic mass is 9.80. The first kappa shape index (κ1) is 13.6. The molecule has 0 bridgehead atoms. The van der Waals surface area contributed by atoms with E-state index in [1.807, 2.05) is 6.07 Å². The average Bonchev–Trinajstić information content (AvgIpc) is 2.80. The lowest BCUT2D eigenvalue weighted by molar-refractivity contribution is 0.277. The summed E-state index contributed by atoms with van der Waals surface area (Å²) in [6, 6.07) is 6.35. The van der Waals surface area contributed by atoms with Crippen LogP contribution in [0.4, 0.5) is 0 Å². The lowest BCUT2D eigenvalue weighted by Crippen LogP contribution is -2.23. The minimum atomic E-state index is 0.0916. The molecule has 2 rings (SSSR count). The summed E-state index contributed by atoms with van der Waals surface area (Å²) in [4.78, 5) is 2.52. The van der Waals surface area contributed by atoms with Crippen LogP contribution < -0.4 is 0 Å². The van der Waals surface area contributed by atoms with Crippen LogP contribution in [0.1, 0.15) is 50.3 Å². The van der Waals surface area contributed by atoms with E-state index in [1.165, 1.54) is 37.1 Å². The first-order valence-corrected chi connectivity index (χ1v) is 6.97. The highest BCUT2D eigenvalue weighted by Crippen LogP contribution is 2.31. The van der Waals surface area contributed by atoms with E-state index in [9.17, 15) is 5.11 Å². The van der Waals surface area contributed by atoms with Crippen LogP contribution in [0.5, 0.6) is 0 Å². The van der Waals surface area contributed by atoms with Gasteiger partial charge in [0.2, 0.25) is 0 Å². The molecule has 0 aromatic heterocycles. The van der Waals surface area contributed by atoms with E-state index in [0.29, 0.717) is 0 Å². The molecule has 0 atom stereocenters. The molecular formula is C16H25NO. The van der Waals surface area contributed by atoms with Crippen LogP contribution in [-0.4, -0.2) is 23.1 Å². The highest BCUT2D eigenvalue weighted by atomic mass is 16.3. The second-order valence-corrected chi connectivity index (χ2v) is 6.34. The molecule has 0 aliphatic carbocycles. The Morgan fingerprint density at radius 2 is 1.72 bits per heavy atom. The van der Waals surface area contributed by atoms with Gasteiger partial charge in [0.25, 0.3) is 0 Å². The van der Waals surface area contributed by atoms with Gasteiger partial charge in [0.1, 0.15) is 0 Å². The van der Waals surface area contributed by atoms with Crippen LogP contribution in [0.25, 0.3) is 0 Å². The Hall–Kier alpha value is -0.860. The fourth-order valence-corrected chi connectivity index (χ4v) is 3.06. The Labute approximate surface area is 111 Å². The standard InChI is InChI=1S/C16H25NO/c1-16(2,3)15-13(7-6-8-14(15)12-18)11-17-9-4-5-10-17/h6-8,18H,4-5,9-12H2,1-3H3. The highest BCUT2D eigenvalue weighted by Gasteiger charge is 2.23. The maximum atomic E-state index is 9.55. The molecule has 1 aliphatic heterocycles. The van der Waals surface area contributed by atoms with E-state index in [0.717, 1.165) is 12.1 Å². The molecule has 0 amide bonds. The second kappa shape index (κ2) is 5.41. The van der Waals surface area contributed by atoms with E-state index >= 15 is 0 Å². The van der Waals surface area contributed by atoms with Crippen molar-refractivity contribution < 1.29 is 5.11 Å². The summed E-state index contributed by atoms with van der Waals surface area (Å²) in [6.07, 6.45) is 2.65. The van der Waals surface area contributed by atoms with Crippen molar-refractivity contribution in [3.05, 3.63) is 34.9 Å². The number of rotatable bonds is 3. The number of hydrogen-bond acceptors (Lipinski definition) is 2. The summed E-state index contributed by atoms with van der Waals surface area (Å²) in [7, 11) is 0. The van der Waals surface area contributed by atoms with E-state index in [2.05, 4.69) is 37.8 Å². The van der Waals surface area contributed by atoms with Crippen LogP contribution in [0.2, 0.25) is 0 Å². The lowest BCUT2D eigenvalue weighted by Gasteiger charge is -2.28. The molecule has 0 spiro atoms. The molecule has 1 fully saturated rings. The summed E-state index contributed by atoms with van der Waals surface area (Å²) in [5.41, 5.74) is 3.89. The third-order valence-corrected chi connectivity index (χ3v) is 3.75. The van der Waals surface area contributed by atoms with Gasteiger partial charge in [-0.15, -0.1) is 0 Å². The van der Waals surface area contributed by atoms with Crippen molar-refractivity contribution in [2.75, 3.05) is 13.1 Å². The van der Waals surface area contributed by atoms with Crippen molar-refractivity contribution in [3.63, 3.8) is 0 Å². The molecule has 2 nitrogen and oxygen atoms in total. The van der Waals surface area contributed by atoms with Gasteiger partial charge in [-0.3, -0.25) is 4.90 Å². The molecule has 1 aliphatic rings. The molecule has 1 aromatic rings. The summed E-state index contributed by atoms with van der Waals surface area (Å²) in [5.74, 6) is 0. The minimum absolute atomic E-state index is 0.0916. The fraction of sp³-hybridized carbons (Fsp3) is 0.625. The largest absolute Gasteiger partial charge is 0.392 e. The van der Waals surface area contributed by atoms with Crippen LogP contribution >= 0.6 is 0 Å². The quantitative estimate of drug-likeness (QED) is 0.887. The molecule has 0 unspecified atom stereocenters. The van der Waals surface area contributed by atoms with Crippen molar-refractivity contribution in [3.8, 4) is 0 Å². The van der Waals surface area contributed by atoms with Crippen molar-refractivity contribution in [1.82, 2.24) is 4.90 Å². The average molecular weight is 247 g/mol. The molecule has 0 radical (unpaired) electrons. The zero-order valence-electron chi connectivity index (χ0n) is 11.9. The third-order valence-electron chi connectivity index (χ3n) is 3.75. The number of hydrogen-bond donors (Lipinski definition) is 1. The SMILES string of the molecule is CC(C)(C)c1c(CO)cccc1CN1CCCC1. The minimum Gasteiger partial charge on any atom is -0.392 e. The topological polar surface area (TPSA) is 23.5 Å². The normalized spacial score (nSPS) is 17.3. The van der Waals surface area contributed by atoms with E-state index in [-0.39, 0.29) is 12.0 Å². The summed E-state index contributed by atoms with van der Waals surface area (Å²) < 4.78 is 0. The fourth-order valence-electron chi connectivity index (χ4n) is 3.06. The van der Waals surface area contributed by atoms with Crippen molar-refractivity contribution >= 4 is 0 Å². The van der Waals surface area contributed by atoms with Gasteiger partial charge in [0.05, 0.1) is 6.61 Å². The van der Waals surface area contributed by atoms with Gasteiger partial charge in [-0.2, -0.15) is 0 Å². The molecular weight excluding hydrogens is 222 g/mol. The van der Waals surface area contributed by atoms with E-state index < -0.39 is 0 Å². The number of aliphatic hydroxyl groups is 1. The Balaban J connectivity index is 2.33. The molecule has 1 saturated heterocycles. The zero-order chi connectivity index (χ0) is 13.2. The molecule has 2 heteroatoms. The Kier molecular flexibility index (Phi) is 4.08. The molecule has 18 heavy (non-hydrogen) atoms. The second-order valence-electron chi connectivity index (χ2n) is 6.34. The third kappa shape index (κ3) is 2.93. The molecule has 1 heterocycles. The smallest absolute Gasteiger partial charge is 0.0684 e. The van der Waals surface area contributed by atoms with Gasteiger partial charge in [-0.05, 0) is 48.0 Å². The summed E-state index contributed by atoms with van der Waals surface area (Å²) >= 11 is 0. The van der Waals surface area contributed by atoms with Gasteiger partial charge < -0.3 is 5.11 Å². The van der Waals surface area contributed by atoms with Gasteiger partial charge in [0, 0.05) is 6.54 Å². The van der Waals surface area contributed by atoms with Gasteiger partial charge in [-0.25, -0.2) is 0 Å². The Bertz CT molecular complexity index is 400. The van der Waals surface area contributed by atoms with Crippen LogP contribution in [-0.2, 0) is 18.6 Å². The number of benzene rings is 1. The Morgan fingerprint density at radius 1 is 1.11 bits per heavy atom. The number of aliphatic hydroxyl groups excluding tert-OH is 1. The van der Waals surface area contributed by atoms with Gasteiger partial charge >= 0.3 is 0 Å². The van der Waals surface area contributed by atoms with Gasteiger partial charge in [0.15, 0.2) is 0 Å².